The maximum Gasteiger partial charge on any atom is 0.157 e. The standard InChI is InChI=1S/C18H26N2O2/c1-20(2)19-18-15(10-11-17-21-12-13-22-17)8-5-7-14-6-3-4-9-16(14)18/h3-4,6,9,15,17H,5,7-8,10-13H2,1-2H3. The Balaban J connectivity index is 1.81. The molecule has 1 aliphatic carbocycles. The fourth-order valence-electron chi connectivity index (χ4n) is 3.43. The molecule has 2 aliphatic rings. The molecular weight excluding hydrogens is 276 g/mol. The molecule has 0 amide bonds. The van der Waals surface area contributed by atoms with Crippen LogP contribution in [0.3, 0.4) is 0 Å². The zero-order chi connectivity index (χ0) is 15.4. The Kier molecular flexibility index (Phi) is 5.11. The van der Waals surface area contributed by atoms with Crippen molar-refractivity contribution >= 4 is 5.71 Å². The molecule has 0 radical (unpaired) electrons. The zero-order valence-electron chi connectivity index (χ0n) is 13.6. The Labute approximate surface area is 133 Å². The lowest BCUT2D eigenvalue weighted by atomic mass is 9.90. The van der Waals surface area contributed by atoms with Crippen LogP contribution in [0.15, 0.2) is 29.4 Å². The fraction of sp³-hybridized carbons (Fsp3) is 0.611. The van der Waals surface area contributed by atoms with Crippen LogP contribution in [0.5, 0.6) is 0 Å². The monoisotopic (exact) mass is 302 g/mol. The lowest BCUT2D eigenvalue weighted by Crippen LogP contribution is -2.21. The smallest absolute Gasteiger partial charge is 0.157 e. The molecule has 1 saturated heterocycles. The third-order valence-electron chi connectivity index (χ3n) is 4.43. The van der Waals surface area contributed by atoms with E-state index in [1.807, 2.05) is 19.1 Å². The Morgan fingerprint density at radius 3 is 2.68 bits per heavy atom. The molecule has 1 aliphatic heterocycles. The summed E-state index contributed by atoms with van der Waals surface area (Å²) in [7, 11) is 4.00. The number of hydrogen-bond acceptors (Lipinski definition) is 4. The molecule has 1 fully saturated rings. The van der Waals surface area contributed by atoms with Crippen molar-refractivity contribution in [3.8, 4) is 0 Å². The van der Waals surface area contributed by atoms with Gasteiger partial charge in [-0.3, -0.25) is 0 Å². The largest absolute Gasteiger partial charge is 0.350 e. The molecule has 0 aromatic heterocycles. The minimum Gasteiger partial charge on any atom is -0.350 e. The van der Waals surface area contributed by atoms with Crippen molar-refractivity contribution < 1.29 is 9.47 Å². The number of hydrogen-bond donors (Lipinski definition) is 0. The summed E-state index contributed by atoms with van der Waals surface area (Å²) in [5.41, 5.74) is 3.99. The normalized spacial score (nSPS) is 24.3. The molecule has 1 heterocycles. The van der Waals surface area contributed by atoms with Gasteiger partial charge in [0.2, 0.25) is 0 Å². The summed E-state index contributed by atoms with van der Waals surface area (Å²) in [6, 6.07) is 8.72. The van der Waals surface area contributed by atoms with E-state index < -0.39 is 0 Å². The first-order valence-electron chi connectivity index (χ1n) is 8.31. The Morgan fingerprint density at radius 1 is 1.14 bits per heavy atom. The van der Waals surface area contributed by atoms with Crippen LogP contribution in [0.25, 0.3) is 0 Å². The fourth-order valence-corrected chi connectivity index (χ4v) is 3.43. The van der Waals surface area contributed by atoms with Gasteiger partial charge in [-0.1, -0.05) is 24.3 Å². The van der Waals surface area contributed by atoms with Crippen molar-refractivity contribution in [1.82, 2.24) is 5.01 Å². The van der Waals surface area contributed by atoms with E-state index >= 15 is 0 Å². The maximum atomic E-state index is 5.59. The topological polar surface area (TPSA) is 34.1 Å². The molecule has 0 saturated carbocycles. The van der Waals surface area contributed by atoms with Crippen molar-refractivity contribution in [2.24, 2.45) is 11.0 Å². The van der Waals surface area contributed by atoms with E-state index in [-0.39, 0.29) is 6.29 Å². The second-order valence-electron chi connectivity index (χ2n) is 6.33. The number of ether oxygens (including phenoxy) is 2. The van der Waals surface area contributed by atoms with E-state index in [1.54, 1.807) is 0 Å². The van der Waals surface area contributed by atoms with E-state index in [9.17, 15) is 0 Å². The van der Waals surface area contributed by atoms with E-state index in [1.165, 1.54) is 29.7 Å². The predicted octanol–water partition coefficient (Wildman–Crippen LogP) is 3.06. The molecule has 4 nitrogen and oxygen atoms in total. The average molecular weight is 302 g/mol. The van der Waals surface area contributed by atoms with Crippen LogP contribution in [0.4, 0.5) is 0 Å². The first-order chi connectivity index (χ1) is 10.7. The molecular formula is C18H26N2O2. The SMILES string of the molecule is CN(C)N=C1c2ccccc2CCCC1CCC1OCCO1. The third-order valence-corrected chi connectivity index (χ3v) is 4.43. The van der Waals surface area contributed by atoms with Crippen LogP contribution in [-0.2, 0) is 15.9 Å². The molecule has 4 heteroatoms. The third kappa shape index (κ3) is 3.68. The number of benzene rings is 1. The molecule has 3 rings (SSSR count). The summed E-state index contributed by atoms with van der Waals surface area (Å²) in [6.45, 7) is 1.47. The molecule has 0 bridgehead atoms. The van der Waals surface area contributed by atoms with Crippen LogP contribution < -0.4 is 0 Å². The van der Waals surface area contributed by atoms with Gasteiger partial charge in [-0.15, -0.1) is 0 Å². The van der Waals surface area contributed by atoms with Gasteiger partial charge in [0.05, 0.1) is 18.9 Å². The minimum atomic E-state index is -0.0147. The summed E-state index contributed by atoms with van der Waals surface area (Å²) in [5, 5.41) is 6.76. The molecule has 0 spiro atoms. The summed E-state index contributed by atoms with van der Waals surface area (Å²) in [5.74, 6) is 0.485. The van der Waals surface area contributed by atoms with Gasteiger partial charge in [-0.25, -0.2) is 0 Å². The summed E-state index contributed by atoms with van der Waals surface area (Å²) in [6.07, 6.45) is 5.58. The van der Waals surface area contributed by atoms with Crippen molar-refractivity contribution in [1.29, 1.82) is 0 Å². The molecule has 1 atom stereocenters. The molecule has 1 aromatic rings. The highest BCUT2D eigenvalue weighted by Crippen LogP contribution is 2.29. The number of fused-ring (bicyclic) bond motifs is 1. The van der Waals surface area contributed by atoms with Crippen LogP contribution in [0, 0.1) is 5.92 Å². The van der Waals surface area contributed by atoms with Gasteiger partial charge in [-0.05, 0) is 37.7 Å². The van der Waals surface area contributed by atoms with Gasteiger partial charge >= 0.3 is 0 Å². The predicted molar refractivity (Wildman–Crippen MR) is 88.0 cm³/mol. The maximum absolute atomic E-state index is 5.59. The van der Waals surface area contributed by atoms with Crippen molar-refractivity contribution in [2.45, 2.75) is 38.4 Å². The Hall–Kier alpha value is -1.39. The molecule has 22 heavy (non-hydrogen) atoms. The van der Waals surface area contributed by atoms with Gasteiger partial charge < -0.3 is 14.5 Å². The van der Waals surface area contributed by atoms with Crippen LogP contribution in [0.1, 0.15) is 36.8 Å². The zero-order valence-corrected chi connectivity index (χ0v) is 13.6. The lowest BCUT2D eigenvalue weighted by Gasteiger charge is -2.21. The van der Waals surface area contributed by atoms with Crippen LogP contribution >= 0.6 is 0 Å². The molecule has 1 unspecified atom stereocenters. The molecule has 0 N–H and O–H groups in total. The quantitative estimate of drug-likeness (QED) is 0.633. The van der Waals surface area contributed by atoms with Crippen LogP contribution in [0.2, 0.25) is 0 Å². The number of rotatable bonds is 4. The van der Waals surface area contributed by atoms with Gasteiger partial charge in [0.15, 0.2) is 6.29 Å². The number of aryl methyl sites for hydroxylation is 1. The Morgan fingerprint density at radius 2 is 1.91 bits per heavy atom. The summed E-state index contributed by atoms with van der Waals surface area (Å²) < 4.78 is 11.2. The van der Waals surface area contributed by atoms with Crippen molar-refractivity contribution in [3.05, 3.63) is 35.4 Å². The van der Waals surface area contributed by atoms with E-state index in [0.717, 1.165) is 32.5 Å². The lowest BCUT2D eigenvalue weighted by molar-refractivity contribution is -0.0491. The summed E-state index contributed by atoms with van der Waals surface area (Å²) in [4.78, 5) is 0. The van der Waals surface area contributed by atoms with Gasteiger partial charge in [0.1, 0.15) is 0 Å². The first-order valence-corrected chi connectivity index (χ1v) is 8.31. The van der Waals surface area contributed by atoms with E-state index in [4.69, 9.17) is 14.6 Å². The minimum absolute atomic E-state index is 0.0147. The highest BCUT2D eigenvalue weighted by Gasteiger charge is 2.26. The second kappa shape index (κ2) is 7.25. The van der Waals surface area contributed by atoms with Gasteiger partial charge in [-0.2, -0.15) is 5.10 Å². The second-order valence-corrected chi connectivity index (χ2v) is 6.33. The highest BCUT2D eigenvalue weighted by molar-refractivity contribution is 6.03. The van der Waals surface area contributed by atoms with E-state index in [0.29, 0.717) is 5.92 Å². The van der Waals surface area contributed by atoms with Crippen molar-refractivity contribution in [2.75, 3.05) is 27.3 Å². The Bertz CT molecular complexity index is 522. The van der Waals surface area contributed by atoms with Crippen LogP contribution in [-0.4, -0.2) is 44.3 Å². The number of nitrogens with zero attached hydrogens (tertiary/aromatic N) is 2. The molecule has 1 aromatic carbocycles. The van der Waals surface area contributed by atoms with E-state index in [2.05, 4.69) is 24.3 Å². The molecule has 120 valence electrons. The highest BCUT2D eigenvalue weighted by atomic mass is 16.7. The number of hydrazone groups is 1. The first kappa shape index (κ1) is 15.5. The summed E-state index contributed by atoms with van der Waals surface area (Å²) >= 11 is 0. The van der Waals surface area contributed by atoms with Gasteiger partial charge in [0, 0.05) is 25.6 Å². The average Bonchev–Trinajstić information content (AvgIpc) is 2.96. The van der Waals surface area contributed by atoms with Crippen molar-refractivity contribution in [3.63, 3.8) is 0 Å². The van der Waals surface area contributed by atoms with Gasteiger partial charge in [0.25, 0.3) is 0 Å².